The molecule has 3 nitrogen and oxygen atoms in total. The Morgan fingerprint density at radius 2 is 1.69 bits per heavy atom. The standard InChI is InChI=1S/C12H13FN2O/c1-12(2,3)11-15-14-10(16-11)8-4-6-9(13)7-5-8/h4-7H,1-3H3. The first-order valence-electron chi connectivity index (χ1n) is 5.07. The van der Waals surface area contributed by atoms with Gasteiger partial charge in [-0.2, -0.15) is 0 Å². The van der Waals surface area contributed by atoms with Gasteiger partial charge in [-0.15, -0.1) is 10.2 Å². The van der Waals surface area contributed by atoms with Crippen LogP contribution in [0.3, 0.4) is 0 Å². The first-order chi connectivity index (χ1) is 7.47. The van der Waals surface area contributed by atoms with Gasteiger partial charge in [0, 0.05) is 11.0 Å². The zero-order chi connectivity index (χ0) is 11.8. The van der Waals surface area contributed by atoms with Gasteiger partial charge in [0.05, 0.1) is 0 Å². The maximum atomic E-state index is 12.7. The van der Waals surface area contributed by atoms with E-state index in [2.05, 4.69) is 10.2 Å². The second-order valence-corrected chi connectivity index (χ2v) is 4.67. The summed E-state index contributed by atoms with van der Waals surface area (Å²) in [7, 11) is 0. The van der Waals surface area contributed by atoms with E-state index in [1.807, 2.05) is 20.8 Å². The van der Waals surface area contributed by atoms with E-state index in [9.17, 15) is 4.39 Å². The van der Waals surface area contributed by atoms with Gasteiger partial charge in [-0.3, -0.25) is 0 Å². The lowest BCUT2D eigenvalue weighted by atomic mass is 9.97. The van der Waals surface area contributed by atoms with E-state index in [1.165, 1.54) is 12.1 Å². The Hall–Kier alpha value is -1.71. The Kier molecular flexibility index (Phi) is 2.50. The van der Waals surface area contributed by atoms with Crippen LogP contribution in [0, 0.1) is 5.82 Å². The molecule has 1 heterocycles. The predicted octanol–water partition coefficient (Wildman–Crippen LogP) is 3.17. The molecular formula is C12H13FN2O. The SMILES string of the molecule is CC(C)(C)c1nnc(-c2ccc(F)cc2)o1. The van der Waals surface area contributed by atoms with Crippen molar-refractivity contribution in [2.24, 2.45) is 0 Å². The summed E-state index contributed by atoms with van der Waals surface area (Å²) in [4.78, 5) is 0. The molecule has 0 N–H and O–H groups in total. The average Bonchev–Trinajstić information content (AvgIpc) is 2.67. The van der Waals surface area contributed by atoms with Crippen LogP contribution < -0.4 is 0 Å². The highest BCUT2D eigenvalue weighted by atomic mass is 19.1. The number of rotatable bonds is 1. The molecule has 16 heavy (non-hydrogen) atoms. The third-order valence-corrected chi connectivity index (χ3v) is 2.16. The van der Waals surface area contributed by atoms with Crippen LogP contribution in [0.4, 0.5) is 4.39 Å². The zero-order valence-electron chi connectivity index (χ0n) is 9.49. The van der Waals surface area contributed by atoms with Crippen molar-refractivity contribution in [3.05, 3.63) is 36.0 Å². The number of aromatic nitrogens is 2. The van der Waals surface area contributed by atoms with Gasteiger partial charge in [0.25, 0.3) is 0 Å². The summed E-state index contributed by atoms with van der Waals surface area (Å²) in [6.07, 6.45) is 0. The summed E-state index contributed by atoms with van der Waals surface area (Å²) in [5, 5.41) is 7.92. The average molecular weight is 220 g/mol. The molecule has 84 valence electrons. The maximum absolute atomic E-state index is 12.7. The van der Waals surface area contributed by atoms with Crippen molar-refractivity contribution in [1.29, 1.82) is 0 Å². The van der Waals surface area contributed by atoms with Gasteiger partial charge in [0.1, 0.15) is 5.82 Å². The fraction of sp³-hybridized carbons (Fsp3) is 0.333. The van der Waals surface area contributed by atoms with Crippen LogP contribution in [0.25, 0.3) is 11.5 Å². The molecule has 4 heteroatoms. The van der Waals surface area contributed by atoms with Crippen molar-refractivity contribution in [3.63, 3.8) is 0 Å². The van der Waals surface area contributed by atoms with Crippen molar-refractivity contribution in [1.82, 2.24) is 10.2 Å². The van der Waals surface area contributed by atoms with Gasteiger partial charge in [-0.25, -0.2) is 4.39 Å². The Morgan fingerprint density at radius 1 is 1.06 bits per heavy atom. The summed E-state index contributed by atoms with van der Waals surface area (Å²) in [5.41, 5.74) is 0.551. The van der Waals surface area contributed by atoms with E-state index in [1.54, 1.807) is 12.1 Å². The Labute approximate surface area is 93.3 Å². The number of nitrogens with zero attached hydrogens (tertiary/aromatic N) is 2. The van der Waals surface area contributed by atoms with E-state index in [-0.39, 0.29) is 11.2 Å². The van der Waals surface area contributed by atoms with E-state index in [4.69, 9.17) is 4.42 Å². The summed E-state index contributed by atoms with van der Waals surface area (Å²) in [6.45, 7) is 5.98. The first kappa shape index (κ1) is 10.8. The zero-order valence-corrected chi connectivity index (χ0v) is 9.49. The first-order valence-corrected chi connectivity index (χ1v) is 5.07. The van der Waals surface area contributed by atoms with Crippen LogP contribution in [0.2, 0.25) is 0 Å². The molecule has 2 aromatic rings. The smallest absolute Gasteiger partial charge is 0.247 e. The quantitative estimate of drug-likeness (QED) is 0.740. The molecule has 0 aliphatic carbocycles. The fourth-order valence-electron chi connectivity index (χ4n) is 1.24. The molecule has 0 saturated heterocycles. The maximum Gasteiger partial charge on any atom is 0.247 e. The van der Waals surface area contributed by atoms with Crippen LogP contribution in [-0.4, -0.2) is 10.2 Å². The summed E-state index contributed by atoms with van der Waals surface area (Å²) in [6, 6.07) is 5.98. The minimum Gasteiger partial charge on any atom is -0.420 e. The monoisotopic (exact) mass is 220 g/mol. The van der Waals surface area contributed by atoms with Crippen molar-refractivity contribution in [2.45, 2.75) is 26.2 Å². The molecule has 1 aromatic carbocycles. The Bertz CT molecular complexity index is 482. The van der Waals surface area contributed by atoms with Crippen molar-refractivity contribution >= 4 is 0 Å². The van der Waals surface area contributed by atoms with Crippen molar-refractivity contribution in [3.8, 4) is 11.5 Å². The van der Waals surface area contributed by atoms with Gasteiger partial charge >= 0.3 is 0 Å². The molecule has 0 fully saturated rings. The van der Waals surface area contributed by atoms with Crippen LogP contribution in [0.5, 0.6) is 0 Å². The molecule has 1 aromatic heterocycles. The van der Waals surface area contributed by atoms with Gasteiger partial charge < -0.3 is 4.42 Å². The number of hydrogen-bond donors (Lipinski definition) is 0. The molecule has 0 amide bonds. The number of benzene rings is 1. The van der Waals surface area contributed by atoms with Gasteiger partial charge in [-0.1, -0.05) is 20.8 Å². The van der Waals surface area contributed by atoms with E-state index in [0.29, 0.717) is 11.8 Å². The van der Waals surface area contributed by atoms with Gasteiger partial charge in [-0.05, 0) is 24.3 Å². The summed E-state index contributed by atoms with van der Waals surface area (Å²) < 4.78 is 18.3. The van der Waals surface area contributed by atoms with Gasteiger partial charge in [0.15, 0.2) is 0 Å². The molecule has 0 aliphatic rings. The van der Waals surface area contributed by atoms with E-state index < -0.39 is 0 Å². The summed E-state index contributed by atoms with van der Waals surface area (Å²) >= 11 is 0. The largest absolute Gasteiger partial charge is 0.420 e. The third kappa shape index (κ3) is 2.10. The minimum absolute atomic E-state index is 0.175. The predicted molar refractivity (Wildman–Crippen MR) is 58.4 cm³/mol. The van der Waals surface area contributed by atoms with Gasteiger partial charge in [0.2, 0.25) is 11.8 Å². The highest BCUT2D eigenvalue weighted by molar-refractivity contribution is 5.52. The third-order valence-electron chi connectivity index (χ3n) is 2.16. The molecule has 2 rings (SSSR count). The van der Waals surface area contributed by atoms with Crippen LogP contribution in [0.15, 0.2) is 28.7 Å². The Morgan fingerprint density at radius 3 is 2.19 bits per heavy atom. The highest BCUT2D eigenvalue weighted by Gasteiger charge is 2.21. The highest BCUT2D eigenvalue weighted by Crippen LogP contribution is 2.25. The molecule has 0 radical (unpaired) electrons. The molecule has 0 spiro atoms. The number of halogens is 1. The second-order valence-electron chi connectivity index (χ2n) is 4.67. The fourth-order valence-corrected chi connectivity index (χ4v) is 1.24. The lowest BCUT2D eigenvalue weighted by molar-refractivity contribution is 0.399. The van der Waals surface area contributed by atoms with Crippen molar-refractivity contribution < 1.29 is 8.81 Å². The lowest BCUT2D eigenvalue weighted by Crippen LogP contribution is -2.11. The topological polar surface area (TPSA) is 38.9 Å². The molecule has 0 atom stereocenters. The second kappa shape index (κ2) is 3.70. The number of hydrogen-bond acceptors (Lipinski definition) is 3. The molecule has 0 aliphatic heterocycles. The van der Waals surface area contributed by atoms with Crippen LogP contribution in [0.1, 0.15) is 26.7 Å². The normalized spacial score (nSPS) is 11.8. The van der Waals surface area contributed by atoms with E-state index >= 15 is 0 Å². The summed E-state index contributed by atoms with van der Waals surface area (Å²) in [5.74, 6) is 0.719. The van der Waals surface area contributed by atoms with Crippen LogP contribution >= 0.6 is 0 Å². The molecule has 0 saturated carbocycles. The van der Waals surface area contributed by atoms with Crippen molar-refractivity contribution in [2.75, 3.05) is 0 Å². The molecule has 0 bridgehead atoms. The molecular weight excluding hydrogens is 207 g/mol. The van der Waals surface area contributed by atoms with Crippen LogP contribution in [-0.2, 0) is 5.41 Å². The Balaban J connectivity index is 2.35. The van der Waals surface area contributed by atoms with E-state index in [0.717, 1.165) is 5.56 Å². The lowest BCUT2D eigenvalue weighted by Gasteiger charge is -2.10. The molecule has 0 unspecified atom stereocenters. The minimum atomic E-state index is -0.278.